The Hall–Kier alpha value is -3.85. The molecule has 2 fully saturated rings. The monoisotopic (exact) mass is 571 g/mol. The van der Waals surface area contributed by atoms with E-state index < -0.39 is 44.3 Å². The van der Waals surface area contributed by atoms with E-state index in [2.05, 4.69) is 16.5 Å². The lowest BCUT2D eigenvalue weighted by atomic mass is 10.1. The molecule has 0 radical (unpaired) electrons. The molecular weight excluding hydrogens is 543 g/mol. The van der Waals surface area contributed by atoms with Crippen LogP contribution in [0.5, 0.6) is 0 Å². The molecule has 1 saturated heterocycles. The summed E-state index contributed by atoms with van der Waals surface area (Å²) in [4.78, 5) is 14.9. The number of nitrogens with zero attached hydrogens (tertiary/aromatic N) is 4. The minimum atomic E-state index is -4.59. The molecule has 1 N–H and O–H groups in total. The second-order valence-electron chi connectivity index (χ2n) is 10.4. The van der Waals surface area contributed by atoms with Gasteiger partial charge in [0.1, 0.15) is 17.4 Å². The van der Waals surface area contributed by atoms with Crippen LogP contribution in [-0.2, 0) is 33.8 Å². The molecule has 5 rings (SSSR count). The summed E-state index contributed by atoms with van der Waals surface area (Å²) in [6, 6.07) is 16.2. The Kier molecular flexibility index (Phi) is 7.12. The van der Waals surface area contributed by atoms with E-state index >= 15 is 0 Å². The van der Waals surface area contributed by atoms with Crippen molar-refractivity contribution in [3.8, 4) is 6.07 Å². The van der Waals surface area contributed by atoms with E-state index in [0.717, 1.165) is 29.8 Å². The fourth-order valence-electron chi connectivity index (χ4n) is 5.07. The Labute approximate surface area is 230 Å². The van der Waals surface area contributed by atoms with Gasteiger partial charge in [-0.05, 0) is 62.4 Å². The Morgan fingerprint density at radius 2 is 1.82 bits per heavy atom. The molecule has 3 aromatic rings. The average Bonchev–Trinajstić information content (AvgIpc) is 3.37. The van der Waals surface area contributed by atoms with E-state index in [0.29, 0.717) is 37.3 Å². The summed E-state index contributed by atoms with van der Waals surface area (Å²) in [5.74, 6) is 0.109. The van der Waals surface area contributed by atoms with Gasteiger partial charge in [-0.3, -0.25) is 4.79 Å². The Morgan fingerprint density at radius 1 is 1.15 bits per heavy atom. The summed E-state index contributed by atoms with van der Waals surface area (Å²) in [5.41, 5.74) is -0.117. The fraction of sp³-hybridized carbons (Fsp3) is 0.393. The third kappa shape index (κ3) is 5.56. The number of benzene rings is 2. The number of anilines is 1. The van der Waals surface area contributed by atoms with E-state index in [-0.39, 0.29) is 17.9 Å². The normalized spacial score (nSPS) is 20.2. The summed E-state index contributed by atoms with van der Waals surface area (Å²) in [7, 11) is -4.09. The highest BCUT2D eigenvalue weighted by Gasteiger charge is 2.50. The number of nitrogens with one attached hydrogen (secondary N) is 1. The predicted octanol–water partition coefficient (Wildman–Crippen LogP) is 4.05. The number of aryl methyl sites for hydroxylation is 3. The molecule has 1 amide bonds. The smallest absolute Gasteiger partial charge is 0.343 e. The van der Waals surface area contributed by atoms with Crippen LogP contribution < -0.4 is 10.2 Å². The molecule has 2 atom stereocenters. The second-order valence-corrected chi connectivity index (χ2v) is 12.6. The number of alkyl halides is 3. The number of hydrogen-bond acceptors (Lipinski definition) is 6. The van der Waals surface area contributed by atoms with Crippen molar-refractivity contribution in [3.63, 3.8) is 0 Å². The predicted molar refractivity (Wildman–Crippen MR) is 141 cm³/mol. The van der Waals surface area contributed by atoms with Crippen LogP contribution in [0.3, 0.4) is 0 Å². The summed E-state index contributed by atoms with van der Waals surface area (Å²) in [6.07, 6.45) is -2.98. The highest BCUT2D eigenvalue weighted by Crippen LogP contribution is 2.37. The molecule has 0 spiro atoms. The Balaban J connectivity index is 1.45. The largest absolute Gasteiger partial charge is 0.416 e. The lowest BCUT2D eigenvalue weighted by molar-refractivity contribution is -0.137. The van der Waals surface area contributed by atoms with Gasteiger partial charge in [0.15, 0.2) is 9.84 Å². The van der Waals surface area contributed by atoms with Crippen molar-refractivity contribution in [3.05, 3.63) is 77.5 Å². The van der Waals surface area contributed by atoms with E-state index in [1.165, 1.54) is 0 Å². The van der Waals surface area contributed by atoms with Gasteiger partial charge in [0.2, 0.25) is 5.91 Å². The second kappa shape index (κ2) is 10.3. The van der Waals surface area contributed by atoms with Crippen molar-refractivity contribution in [1.29, 1.82) is 5.26 Å². The van der Waals surface area contributed by atoms with Gasteiger partial charge >= 0.3 is 6.18 Å². The molecule has 0 bridgehead atoms. The first-order valence-corrected chi connectivity index (χ1v) is 14.5. The zero-order valence-corrected chi connectivity index (χ0v) is 22.5. The third-order valence-corrected chi connectivity index (χ3v) is 9.62. The van der Waals surface area contributed by atoms with Crippen LogP contribution in [0.25, 0.3) is 0 Å². The standard InChI is InChI=1S/C28H28F3N5O3S/c1-19-15-25(36(34-19)14-11-20-5-3-2-4-6-20)35-17-23(16-24(35)26(37)33-27(18-32)12-13-27)40(38,39)22-9-7-21(8-10-22)28(29,30)31/h2-10,15,23-24H,11-14,16-17H2,1H3,(H,33,37)/t23-,24+/m1/s1. The van der Waals surface area contributed by atoms with Gasteiger partial charge in [0, 0.05) is 19.2 Å². The number of amides is 1. The molecule has 8 nitrogen and oxygen atoms in total. The van der Waals surface area contributed by atoms with Crippen LogP contribution in [0, 0.1) is 18.3 Å². The number of hydrogen-bond donors (Lipinski definition) is 1. The summed E-state index contributed by atoms with van der Waals surface area (Å²) >= 11 is 0. The molecule has 12 heteroatoms. The number of halogens is 3. The average molecular weight is 572 g/mol. The van der Waals surface area contributed by atoms with Crippen molar-refractivity contribution >= 4 is 21.6 Å². The molecule has 1 aliphatic heterocycles. The highest BCUT2D eigenvalue weighted by molar-refractivity contribution is 7.92. The molecular formula is C28H28F3N5O3S. The van der Waals surface area contributed by atoms with E-state index in [1.807, 2.05) is 30.3 Å². The van der Waals surface area contributed by atoms with Gasteiger partial charge in [-0.1, -0.05) is 30.3 Å². The number of carbonyl (C=O) groups is 1. The number of rotatable bonds is 8. The maximum absolute atomic E-state index is 13.6. The van der Waals surface area contributed by atoms with Crippen molar-refractivity contribution in [2.75, 3.05) is 11.4 Å². The SMILES string of the molecule is Cc1cc(N2C[C@H](S(=O)(=O)c3ccc(C(F)(F)F)cc3)C[C@H]2C(=O)NC2(C#N)CC2)n(CCc2ccccc2)n1. The van der Waals surface area contributed by atoms with Gasteiger partial charge in [0.05, 0.1) is 27.5 Å². The van der Waals surface area contributed by atoms with Crippen LogP contribution in [-0.4, -0.2) is 47.5 Å². The molecule has 2 aliphatic rings. The lowest BCUT2D eigenvalue weighted by Gasteiger charge is -2.27. The first kappa shape index (κ1) is 27.7. The van der Waals surface area contributed by atoms with Crippen molar-refractivity contribution in [1.82, 2.24) is 15.1 Å². The highest BCUT2D eigenvalue weighted by atomic mass is 32.2. The van der Waals surface area contributed by atoms with Gasteiger partial charge in [-0.2, -0.15) is 23.5 Å². The van der Waals surface area contributed by atoms with Crippen molar-refractivity contribution in [2.24, 2.45) is 0 Å². The molecule has 40 heavy (non-hydrogen) atoms. The molecule has 1 aliphatic carbocycles. The first-order chi connectivity index (χ1) is 18.9. The zero-order valence-electron chi connectivity index (χ0n) is 21.7. The molecule has 0 unspecified atom stereocenters. The zero-order chi connectivity index (χ0) is 28.7. The topological polar surface area (TPSA) is 108 Å². The summed E-state index contributed by atoms with van der Waals surface area (Å²) in [5, 5.41) is 15.8. The number of sulfone groups is 1. The van der Waals surface area contributed by atoms with E-state index in [1.54, 1.807) is 22.6 Å². The maximum atomic E-state index is 13.6. The maximum Gasteiger partial charge on any atom is 0.416 e. The Bertz CT molecular complexity index is 1540. The summed E-state index contributed by atoms with van der Waals surface area (Å²) in [6.45, 7) is 2.23. The number of nitriles is 1. The first-order valence-electron chi connectivity index (χ1n) is 12.9. The van der Waals surface area contributed by atoms with Crippen molar-refractivity contribution < 1.29 is 26.4 Å². The fourth-order valence-corrected chi connectivity index (χ4v) is 6.76. The third-order valence-electron chi connectivity index (χ3n) is 7.47. The van der Waals surface area contributed by atoms with Crippen LogP contribution in [0.15, 0.2) is 65.6 Å². The van der Waals surface area contributed by atoms with Crippen molar-refractivity contribution in [2.45, 2.75) is 67.1 Å². The number of carbonyl (C=O) groups excluding carboxylic acids is 1. The molecule has 210 valence electrons. The van der Waals surface area contributed by atoms with Crippen LogP contribution in [0.2, 0.25) is 0 Å². The van der Waals surface area contributed by atoms with Crippen LogP contribution in [0.1, 0.15) is 36.1 Å². The van der Waals surface area contributed by atoms with Gasteiger partial charge in [-0.15, -0.1) is 0 Å². The minimum Gasteiger partial charge on any atom is -0.343 e. The quantitative estimate of drug-likeness (QED) is 0.437. The van der Waals surface area contributed by atoms with Gasteiger partial charge in [0.25, 0.3) is 0 Å². The number of aromatic nitrogens is 2. The van der Waals surface area contributed by atoms with Crippen LogP contribution >= 0.6 is 0 Å². The summed E-state index contributed by atoms with van der Waals surface area (Å²) < 4.78 is 68.0. The van der Waals surface area contributed by atoms with E-state index in [4.69, 9.17) is 0 Å². The van der Waals surface area contributed by atoms with Gasteiger partial charge in [-0.25, -0.2) is 13.1 Å². The molecule has 2 heterocycles. The molecule has 1 aromatic heterocycles. The van der Waals surface area contributed by atoms with E-state index in [9.17, 15) is 31.6 Å². The molecule has 2 aromatic carbocycles. The Morgan fingerprint density at radius 3 is 2.42 bits per heavy atom. The minimum absolute atomic E-state index is 0.0581. The lowest BCUT2D eigenvalue weighted by Crippen LogP contribution is -2.48. The van der Waals surface area contributed by atoms with Gasteiger partial charge < -0.3 is 10.2 Å². The van der Waals surface area contributed by atoms with Crippen LogP contribution in [0.4, 0.5) is 19.0 Å². The molecule has 1 saturated carbocycles.